The Morgan fingerprint density at radius 3 is 2.83 bits per heavy atom. The van der Waals surface area contributed by atoms with Gasteiger partial charge in [0, 0.05) is 43.4 Å². The molecule has 0 unspecified atom stereocenters. The summed E-state index contributed by atoms with van der Waals surface area (Å²) in [6.45, 7) is 1.41. The fourth-order valence-electron chi connectivity index (χ4n) is 2.65. The van der Waals surface area contributed by atoms with Gasteiger partial charge in [0.1, 0.15) is 11.6 Å². The van der Waals surface area contributed by atoms with E-state index in [2.05, 4.69) is 10.4 Å². The van der Waals surface area contributed by atoms with Crippen molar-refractivity contribution in [3.63, 3.8) is 0 Å². The molecular formula is C17H19F2N3O. The van der Waals surface area contributed by atoms with E-state index in [1.54, 1.807) is 6.20 Å². The Morgan fingerprint density at radius 1 is 1.35 bits per heavy atom. The monoisotopic (exact) mass is 319 g/mol. The van der Waals surface area contributed by atoms with Crippen LogP contribution >= 0.6 is 0 Å². The van der Waals surface area contributed by atoms with Gasteiger partial charge in [-0.25, -0.2) is 8.78 Å². The summed E-state index contributed by atoms with van der Waals surface area (Å²) in [7, 11) is 0. The predicted molar refractivity (Wildman–Crippen MR) is 81.6 cm³/mol. The van der Waals surface area contributed by atoms with Gasteiger partial charge in [-0.15, -0.1) is 0 Å². The van der Waals surface area contributed by atoms with Crippen molar-refractivity contribution in [2.45, 2.75) is 32.2 Å². The van der Waals surface area contributed by atoms with E-state index in [0.717, 1.165) is 25.5 Å². The molecule has 0 spiro atoms. The Kier molecular flexibility index (Phi) is 4.41. The standard InChI is InChI=1S/C17H19F2N3O/c18-14-4-2-13(15(19)10-14)3-5-16(23)20-11-17(6-7-17)12-22-9-1-8-21-22/h1-2,4,8-10H,3,5-7,11-12H2,(H,20,23). The van der Waals surface area contributed by atoms with E-state index in [1.165, 1.54) is 12.1 Å². The average molecular weight is 319 g/mol. The van der Waals surface area contributed by atoms with E-state index in [-0.39, 0.29) is 24.2 Å². The number of nitrogens with one attached hydrogen (secondary N) is 1. The molecule has 1 saturated carbocycles. The molecule has 3 rings (SSSR count). The minimum absolute atomic E-state index is 0.100. The number of hydrogen-bond donors (Lipinski definition) is 1. The second-order valence-corrected chi connectivity index (χ2v) is 6.22. The molecule has 1 aromatic heterocycles. The highest BCUT2D eigenvalue weighted by Crippen LogP contribution is 2.46. The molecule has 1 amide bonds. The molecule has 1 heterocycles. The van der Waals surface area contributed by atoms with E-state index >= 15 is 0 Å². The summed E-state index contributed by atoms with van der Waals surface area (Å²) in [6, 6.07) is 5.32. The van der Waals surface area contributed by atoms with Gasteiger partial charge in [-0.05, 0) is 37.0 Å². The number of aromatic nitrogens is 2. The lowest BCUT2D eigenvalue weighted by atomic mass is 10.1. The second-order valence-electron chi connectivity index (χ2n) is 6.22. The number of halogens is 2. The van der Waals surface area contributed by atoms with Crippen LogP contribution in [-0.2, 0) is 17.8 Å². The lowest BCUT2D eigenvalue weighted by Crippen LogP contribution is -2.32. The Balaban J connectivity index is 1.45. The molecule has 1 aromatic carbocycles. The molecule has 2 aromatic rings. The van der Waals surface area contributed by atoms with Gasteiger partial charge in [-0.2, -0.15) is 5.10 Å². The lowest BCUT2D eigenvalue weighted by Gasteiger charge is -2.16. The van der Waals surface area contributed by atoms with Gasteiger partial charge in [-0.1, -0.05) is 6.07 Å². The Hall–Kier alpha value is -2.24. The van der Waals surface area contributed by atoms with Crippen molar-refractivity contribution < 1.29 is 13.6 Å². The maximum atomic E-state index is 13.5. The van der Waals surface area contributed by atoms with Crippen LogP contribution in [-0.4, -0.2) is 22.2 Å². The number of aryl methyl sites for hydroxylation is 1. The number of amides is 1. The summed E-state index contributed by atoms with van der Waals surface area (Å²) in [6.07, 6.45) is 6.26. The first-order valence-electron chi connectivity index (χ1n) is 7.74. The molecule has 1 aliphatic rings. The average Bonchev–Trinajstić information content (AvgIpc) is 3.08. The Bertz CT molecular complexity index is 681. The molecule has 6 heteroatoms. The van der Waals surface area contributed by atoms with E-state index in [4.69, 9.17) is 0 Å². The van der Waals surface area contributed by atoms with E-state index < -0.39 is 11.6 Å². The largest absolute Gasteiger partial charge is 0.355 e. The van der Waals surface area contributed by atoms with Crippen LogP contribution in [0.5, 0.6) is 0 Å². The van der Waals surface area contributed by atoms with Crippen LogP contribution in [0, 0.1) is 17.0 Å². The summed E-state index contributed by atoms with van der Waals surface area (Å²) in [5.74, 6) is -1.32. The molecule has 0 bridgehead atoms. The van der Waals surface area contributed by atoms with Crippen LogP contribution < -0.4 is 5.32 Å². The van der Waals surface area contributed by atoms with Crippen molar-refractivity contribution in [2.24, 2.45) is 5.41 Å². The fraction of sp³-hybridized carbons (Fsp3) is 0.412. The molecule has 0 radical (unpaired) electrons. The first kappa shape index (κ1) is 15.6. The zero-order valence-electron chi connectivity index (χ0n) is 12.8. The maximum absolute atomic E-state index is 13.5. The zero-order chi connectivity index (χ0) is 16.3. The third-order valence-electron chi connectivity index (χ3n) is 4.31. The minimum atomic E-state index is -0.606. The topological polar surface area (TPSA) is 46.9 Å². The molecule has 1 N–H and O–H groups in total. The van der Waals surface area contributed by atoms with Crippen molar-refractivity contribution in [3.8, 4) is 0 Å². The summed E-state index contributed by atoms with van der Waals surface area (Å²) in [4.78, 5) is 11.9. The highest BCUT2D eigenvalue weighted by atomic mass is 19.1. The first-order chi connectivity index (χ1) is 11.1. The van der Waals surface area contributed by atoms with Crippen LogP contribution in [0.15, 0.2) is 36.7 Å². The molecule has 1 fully saturated rings. The van der Waals surface area contributed by atoms with Crippen LogP contribution in [0.3, 0.4) is 0 Å². The third kappa shape index (κ3) is 4.15. The second kappa shape index (κ2) is 6.48. The molecule has 1 aliphatic carbocycles. The lowest BCUT2D eigenvalue weighted by molar-refractivity contribution is -0.121. The molecule has 4 nitrogen and oxygen atoms in total. The summed E-state index contributed by atoms with van der Waals surface area (Å²) >= 11 is 0. The maximum Gasteiger partial charge on any atom is 0.220 e. The molecule has 122 valence electrons. The molecule has 0 saturated heterocycles. The number of carbonyl (C=O) groups excluding carboxylic acids is 1. The number of carbonyl (C=O) groups is 1. The van der Waals surface area contributed by atoms with Crippen LogP contribution in [0.4, 0.5) is 8.78 Å². The third-order valence-corrected chi connectivity index (χ3v) is 4.31. The normalized spacial score (nSPS) is 15.4. The molecule has 0 atom stereocenters. The summed E-state index contributed by atoms with van der Waals surface area (Å²) < 4.78 is 28.2. The smallest absolute Gasteiger partial charge is 0.220 e. The highest BCUT2D eigenvalue weighted by molar-refractivity contribution is 5.76. The molecular weight excluding hydrogens is 300 g/mol. The molecule has 0 aliphatic heterocycles. The zero-order valence-corrected chi connectivity index (χ0v) is 12.8. The van der Waals surface area contributed by atoms with Gasteiger partial charge in [-0.3, -0.25) is 9.48 Å². The van der Waals surface area contributed by atoms with Crippen LogP contribution in [0.1, 0.15) is 24.8 Å². The van der Waals surface area contributed by atoms with Crippen molar-refractivity contribution in [3.05, 3.63) is 53.9 Å². The van der Waals surface area contributed by atoms with Gasteiger partial charge >= 0.3 is 0 Å². The van der Waals surface area contributed by atoms with Gasteiger partial charge < -0.3 is 5.32 Å². The number of rotatable bonds is 7. The van der Waals surface area contributed by atoms with Crippen molar-refractivity contribution >= 4 is 5.91 Å². The predicted octanol–water partition coefficient (Wildman–Crippen LogP) is 2.69. The quantitative estimate of drug-likeness (QED) is 0.853. The van der Waals surface area contributed by atoms with Crippen LogP contribution in [0.2, 0.25) is 0 Å². The van der Waals surface area contributed by atoms with Crippen molar-refractivity contribution in [1.82, 2.24) is 15.1 Å². The molecule has 23 heavy (non-hydrogen) atoms. The number of nitrogens with zero attached hydrogens (tertiary/aromatic N) is 2. The highest BCUT2D eigenvalue weighted by Gasteiger charge is 2.43. The van der Waals surface area contributed by atoms with E-state index in [9.17, 15) is 13.6 Å². The first-order valence-corrected chi connectivity index (χ1v) is 7.74. The van der Waals surface area contributed by atoms with Gasteiger partial charge in [0.25, 0.3) is 0 Å². The van der Waals surface area contributed by atoms with Crippen molar-refractivity contribution in [2.75, 3.05) is 6.54 Å². The van der Waals surface area contributed by atoms with E-state index in [0.29, 0.717) is 12.1 Å². The summed E-state index contributed by atoms with van der Waals surface area (Å²) in [5.41, 5.74) is 0.460. The SMILES string of the molecule is O=C(CCc1ccc(F)cc1F)NCC1(Cn2cccn2)CC1. The van der Waals surface area contributed by atoms with Gasteiger partial charge in [0.2, 0.25) is 5.91 Å². The number of benzene rings is 1. The summed E-state index contributed by atoms with van der Waals surface area (Å²) in [5, 5.41) is 7.12. The van der Waals surface area contributed by atoms with E-state index in [1.807, 2.05) is 16.9 Å². The fourth-order valence-corrected chi connectivity index (χ4v) is 2.65. The Labute approximate surface area is 133 Å². The van der Waals surface area contributed by atoms with Gasteiger partial charge in [0.15, 0.2) is 0 Å². The van der Waals surface area contributed by atoms with Crippen molar-refractivity contribution in [1.29, 1.82) is 0 Å². The van der Waals surface area contributed by atoms with Crippen LogP contribution in [0.25, 0.3) is 0 Å². The number of hydrogen-bond acceptors (Lipinski definition) is 2. The van der Waals surface area contributed by atoms with Gasteiger partial charge in [0.05, 0.1) is 0 Å². The minimum Gasteiger partial charge on any atom is -0.355 e. The Morgan fingerprint density at radius 2 is 2.17 bits per heavy atom.